The molecule has 0 spiro atoms. The van der Waals surface area contributed by atoms with Gasteiger partial charge in [-0.1, -0.05) is 224 Å². The number of rotatable bonds is 7. The summed E-state index contributed by atoms with van der Waals surface area (Å²) in [6.07, 6.45) is 6.88. The Bertz CT molecular complexity index is 3680. The smallest absolute Gasteiger partial charge is 0.0714 e. The monoisotopic (exact) mass is 839 g/mol. The van der Waals surface area contributed by atoms with E-state index in [4.69, 9.17) is 0 Å². The first kappa shape index (κ1) is 38.2. The average molecular weight is 840 g/mol. The Hall–Kier alpha value is -8.26. The number of anilines is 3. The molecule has 0 radical (unpaired) electrons. The lowest BCUT2D eigenvalue weighted by molar-refractivity contribution is 0.768. The van der Waals surface area contributed by atoms with E-state index in [1.807, 2.05) is 0 Å². The van der Waals surface area contributed by atoms with Crippen LogP contribution in [0, 0.1) is 0 Å². The van der Waals surface area contributed by atoms with Gasteiger partial charge in [-0.05, 0) is 125 Å². The van der Waals surface area contributed by atoms with Crippen LogP contribution in [-0.2, 0) is 5.41 Å². The van der Waals surface area contributed by atoms with Gasteiger partial charge in [0.05, 0.1) is 16.8 Å². The lowest BCUT2D eigenvalue weighted by atomic mass is 9.68. The zero-order valence-electron chi connectivity index (χ0n) is 36.5. The summed E-state index contributed by atoms with van der Waals surface area (Å²) >= 11 is 0. The van der Waals surface area contributed by atoms with E-state index >= 15 is 0 Å². The number of para-hydroxylation sites is 1. The minimum absolute atomic E-state index is 0.532. The molecule has 0 saturated carbocycles. The van der Waals surface area contributed by atoms with Crippen molar-refractivity contribution in [3.05, 3.63) is 282 Å². The number of hydrogen-bond acceptors (Lipinski definition) is 1. The van der Waals surface area contributed by atoms with Crippen LogP contribution in [0.3, 0.4) is 0 Å². The maximum absolute atomic E-state index is 2.57. The van der Waals surface area contributed by atoms with E-state index in [-0.39, 0.29) is 0 Å². The Morgan fingerprint density at radius 3 is 1.61 bits per heavy atom. The molecule has 0 aliphatic heterocycles. The van der Waals surface area contributed by atoms with Gasteiger partial charge in [-0.25, -0.2) is 0 Å². The molecule has 2 aliphatic rings. The van der Waals surface area contributed by atoms with E-state index in [0.29, 0.717) is 0 Å². The summed E-state index contributed by atoms with van der Waals surface area (Å²) in [7, 11) is 0. The van der Waals surface area contributed by atoms with Gasteiger partial charge in [-0.2, -0.15) is 0 Å². The molecule has 0 unspecified atom stereocenters. The average Bonchev–Trinajstić information content (AvgIpc) is 3.71. The van der Waals surface area contributed by atoms with Gasteiger partial charge in [-0.3, -0.25) is 0 Å². The highest BCUT2D eigenvalue weighted by Gasteiger charge is 2.47. The lowest BCUT2D eigenvalue weighted by Crippen LogP contribution is -2.28. The normalized spacial score (nSPS) is 13.9. The third kappa shape index (κ3) is 5.80. The number of nitrogens with zero attached hydrogens (tertiary/aromatic N) is 1. The van der Waals surface area contributed by atoms with Crippen molar-refractivity contribution in [2.45, 2.75) is 18.3 Å². The van der Waals surface area contributed by atoms with Gasteiger partial charge in [0.1, 0.15) is 0 Å². The summed E-state index contributed by atoms with van der Waals surface area (Å²) in [4.78, 5) is 2.57. The Morgan fingerprint density at radius 1 is 0.364 bits per heavy atom. The molecular weight excluding hydrogens is 795 g/mol. The Labute approximate surface area is 385 Å². The molecule has 0 amide bonds. The predicted octanol–water partition coefficient (Wildman–Crippen LogP) is 17.4. The Kier molecular flexibility index (Phi) is 8.96. The van der Waals surface area contributed by atoms with Crippen molar-refractivity contribution in [1.29, 1.82) is 0 Å². The van der Waals surface area contributed by atoms with Crippen molar-refractivity contribution >= 4 is 71.3 Å². The summed E-state index contributed by atoms with van der Waals surface area (Å²) < 4.78 is 0. The van der Waals surface area contributed by atoms with Crippen LogP contribution in [0.4, 0.5) is 17.1 Å². The van der Waals surface area contributed by atoms with Gasteiger partial charge in [-0.15, -0.1) is 0 Å². The summed E-state index contributed by atoms with van der Waals surface area (Å²) in [5.74, 6) is 0. The van der Waals surface area contributed by atoms with E-state index in [9.17, 15) is 0 Å². The van der Waals surface area contributed by atoms with Crippen LogP contribution >= 0.6 is 0 Å². The summed E-state index contributed by atoms with van der Waals surface area (Å²) in [5, 5.41) is 10.2. The minimum Gasteiger partial charge on any atom is -0.309 e. The van der Waals surface area contributed by atoms with Crippen molar-refractivity contribution < 1.29 is 0 Å². The van der Waals surface area contributed by atoms with Crippen LogP contribution in [0.2, 0.25) is 0 Å². The molecule has 310 valence electrons. The van der Waals surface area contributed by atoms with Crippen molar-refractivity contribution in [2.75, 3.05) is 4.90 Å². The van der Waals surface area contributed by atoms with Crippen LogP contribution in [0.25, 0.3) is 65.4 Å². The first-order valence-corrected chi connectivity index (χ1v) is 23.2. The van der Waals surface area contributed by atoms with Crippen LogP contribution in [-0.4, -0.2) is 0 Å². The molecule has 1 heteroatoms. The molecule has 0 atom stereocenters. The van der Waals surface area contributed by atoms with Crippen molar-refractivity contribution in [3.63, 3.8) is 0 Å². The quantitative estimate of drug-likeness (QED) is 0.145. The van der Waals surface area contributed by atoms with E-state index in [0.717, 1.165) is 29.9 Å². The van der Waals surface area contributed by atoms with Gasteiger partial charge >= 0.3 is 0 Å². The van der Waals surface area contributed by atoms with Gasteiger partial charge in [0, 0.05) is 16.8 Å². The molecule has 0 heterocycles. The molecule has 0 bridgehead atoms. The number of benzene rings is 11. The summed E-state index contributed by atoms with van der Waals surface area (Å²) in [5.41, 5.74) is 15.6. The maximum atomic E-state index is 2.57. The molecule has 11 aromatic carbocycles. The zero-order chi connectivity index (χ0) is 43.6. The largest absolute Gasteiger partial charge is 0.309 e. The van der Waals surface area contributed by atoms with E-state index < -0.39 is 5.41 Å². The molecule has 0 aromatic heterocycles. The molecule has 13 rings (SSSR count). The second kappa shape index (κ2) is 15.5. The fourth-order valence-electron chi connectivity index (χ4n) is 11.6. The molecule has 0 fully saturated rings. The first-order valence-electron chi connectivity index (χ1n) is 23.2. The fraction of sp³-hybridized carbons (Fsp3) is 0.0462. The summed E-state index contributed by atoms with van der Waals surface area (Å²) in [6.45, 7) is 0. The van der Waals surface area contributed by atoms with Crippen LogP contribution in [0.1, 0.15) is 46.2 Å². The van der Waals surface area contributed by atoms with Crippen molar-refractivity contribution in [1.82, 2.24) is 0 Å². The van der Waals surface area contributed by atoms with E-state index in [1.54, 1.807) is 0 Å². The second-order valence-electron chi connectivity index (χ2n) is 17.8. The van der Waals surface area contributed by atoms with Crippen LogP contribution in [0.15, 0.2) is 249 Å². The topological polar surface area (TPSA) is 3.24 Å². The first-order chi connectivity index (χ1) is 32.8. The van der Waals surface area contributed by atoms with E-state index in [2.05, 4.69) is 254 Å². The van der Waals surface area contributed by atoms with Gasteiger partial charge < -0.3 is 4.90 Å². The SMILES string of the molecule is C1=C(c2ccccc2N(c2ccc3c4ccccc4c4ccccc4c3c2)c2cccc3c2-c2ccccc2C3(c2ccccc2)c2ccccc2)C=C(c2cccc3ccccc23)CC1. The van der Waals surface area contributed by atoms with Gasteiger partial charge in [0.2, 0.25) is 0 Å². The predicted molar refractivity (Wildman–Crippen MR) is 280 cm³/mol. The molecule has 66 heavy (non-hydrogen) atoms. The molecule has 2 aliphatic carbocycles. The Balaban J connectivity index is 1.10. The molecule has 1 nitrogen and oxygen atoms in total. The van der Waals surface area contributed by atoms with Gasteiger partial charge in [0.25, 0.3) is 0 Å². The highest BCUT2D eigenvalue weighted by molar-refractivity contribution is 6.26. The third-order valence-corrected chi connectivity index (χ3v) is 14.4. The van der Waals surface area contributed by atoms with Crippen LogP contribution < -0.4 is 4.90 Å². The van der Waals surface area contributed by atoms with Gasteiger partial charge in [0.15, 0.2) is 0 Å². The van der Waals surface area contributed by atoms with E-state index in [1.165, 1.54) is 98.7 Å². The lowest BCUT2D eigenvalue weighted by Gasteiger charge is -2.35. The number of allylic oxidation sites excluding steroid dienone is 4. The standard InChI is InChI=1S/C65H45N/c1-3-24-47(25-4-1)65(48-26-5-2-6-27-48)60-36-15-13-34-58(60)64-61(65)37-19-39-63(64)66(49-40-41-57-55-32-10-9-30-53(55)54-31-11-12-33-56(54)59(57)43-49)62-38-16-14-29-52(62)46-23-17-22-45(42-46)51-35-18-21-44-20-7-8-28-50(44)51/h1-16,18-21,23-43H,17,22H2. The third-order valence-electron chi connectivity index (χ3n) is 14.4. The van der Waals surface area contributed by atoms with Crippen molar-refractivity contribution in [2.24, 2.45) is 0 Å². The van der Waals surface area contributed by atoms with Crippen LogP contribution in [0.5, 0.6) is 0 Å². The highest BCUT2D eigenvalue weighted by Crippen LogP contribution is 2.60. The summed E-state index contributed by atoms with van der Waals surface area (Å²) in [6, 6.07) is 88.0. The molecule has 11 aromatic rings. The zero-order valence-corrected chi connectivity index (χ0v) is 36.5. The Morgan fingerprint density at radius 2 is 0.879 bits per heavy atom. The highest BCUT2D eigenvalue weighted by atomic mass is 15.1. The van der Waals surface area contributed by atoms with Crippen molar-refractivity contribution in [3.8, 4) is 11.1 Å². The minimum atomic E-state index is -0.532. The molecule has 0 saturated heterocycles. The number of fused-ring (bicyclic) bond motifs is 10. The maximum Gasteiger partial charge on any atom is 0.0714 e. The second-order valence-corrected chi connectivity index (χ2v) is 17.8. The molecular formula is C65H45N. The number of hydrogen-bond donors (Lipinski definition) is 0. The fourth-order valence-corrected chi connectivity index (χ4v) is 11.6. The molecule has 0 N–H and O–H groups in total.